The van der Waals surface area contributed by atoms with E-state index in [4.69, 9.17) is 5.73 Å². The van der Waals surface area contributed by atoms with Gasteiger partial charge >= 0.3 is 6.03 Å². The number of carbonyl (C=O) groups is 2. The van der Waals surface area contributed by atoms with E-state index in [2.05, 4.69) is 0 Å². The predicted molar refractivity (Wildman–Crippen MR) is 40.8 cm³/mol. The largest absolute Gasteiger partial charge is 0.391 e. The summed E-state index contributed by atoms with van der Waals surface area (Å²) in [6.07, 6.45) is 1.69. The molecule has 12 heavy (non-hydrogen) atoms. The van der Waals surface area contributed by atoms with Gasteiger partial charge in [0.1, 0.15) is 0 Å². The summed E-state index contributed by atoms with van der Waals surface area (Å²) < 4.78 is 0. The van der Waals surface area contributed by atoms with Crippen molar-refractivity contribution in [1.29, 1.82) is 0 Å². The van der Waals surface area contributed by atoms with Gasteiger partial charge in [-0.25, -0.2) is 4.79 Å². The lowest BCUT2D eigenvalue weighted by atomic mass is 10.2. The molecule has 1 radical (unpaired) electrons. The van der Waals surface area contributed by atoms with Crippen molar-refractivity contribution in [2.45, 2.75) is 18.9 Å². The molecule has 1 rings (SSSR count). The summed E-state index contributed by atoms with van der Waals surface area (Å²) in [5, 5.41) is 9.20. The Morgan fingerprint density at radius 3 is 3.00 bits per heavy atom. The molecular weight excluding hydrogens is 160 g/mol. The number of hydrogen-bond donors (Lipinski definition) is 2. The summed E-state index contributed by atoms with van der Waals surface area (Å²) in [5.41, 5.74) is 4.92. The van der Waals surface area contributed by atoms with Gasteiger partial charge in [0.15, 0.2) is 0 Å². The standard InChI is InChI=1S/C7H11N2O3/c8-7(12)9-4-5(10)2-1-3-6(9)11/h3,5,10H,1-2,4H2,(H2,8,12)/t5-/m1/s1. The molecule has 0 unspecified atom stereocenters. The van der Waals surface area contributed by atoms with Gasteiger partial charge in [0, 0.05) is 0 Å². The summed E-state index contributed by atoms with van der Waals surface area (Å²) in [5.74, 6) is -0.418. The van der Waals surface area contributed by atoms with Crippen molar-refractivity contribution in [2.75, 3.05) is 6.54 Å². The maximum Gasteiger partial charge on any atom is 0.321 e. The monoisotopic (exact) mass is 171 g/mol. The summed E-state index contributed by atoms with van der Waals surface area (Å²) in [4.78, 5) is 22.6. The molecule has 0 aromatic heterocycles. The molecule has 3 N–H and O–H groups in total. The normalized spacial score (nSPS) is 25.2. The molecule has 0 aliphatic carbocycles. The number of likely N-dealkylation sites (tertiary alicyclic amines) is 1. The van der Waals surface area contributed by atoms with Crippen molar-refractivity contribution >= 4 is 11.9 Å². The van der Waals surface area contributed by atoms with Crippen LogP contribution >= 0.6 is 0 Å². The Labute approximate surface area is 70.1 Å². The van der Waals surface area contributed by atoms with E-state index in [0.29, 0.717) is 12.8 Å². The zero-order valence-corrected chi connectivity index (χ0v) is 6.56. The molecule has 0 spiro atoms. The Kier molecular flexibility index (Phi) is 2.65. The predicted octanol–water partition coefficient (Wildman–Crippen LogP) is -0.747. The maximum absolute atomic E-state index is 11.1. The van der Waals surface area contributed by atoms with Gasteiger partial charge in [0.05, 0.1) is 19.1 Å². The third kappa shape index (κ3) is 1.94. The number of rotatable bonds is 0. The number of hydrogen-bond acceptors (Lipinski definition) is 3. The fourth-order valence-corrected chi connectivity index (χ4v) is 1.10. The molecular formula is C7H11N2O3. The van der Waals surface area contributed by atoms with E-state index in [1.54, 1.807) is 0 Å². The number of amides is 3. The minimum absolute atomic E-state index is 0.00463. The van der Waals surface area contributed by atoms with E-state index < -0.39 is 18.0 Å². The van der Waals surface area contributed by atoms with Crippen molar-refractivity contribution < 1.29 is 14.7 Å². The van der Waals surface area contributed by atoms with Crippen LogP contribution in [0.15, 0.2) is 0 Å². The Morgan fingerprint density at radius 2 is 2.42 bits per heavy atom. The highest BCUT2D eigenvalue weighted by atomic mass is 16.3. The van der Waals surface area contributed by atoms with Gasteiger partial charge in [-0.2, -0.15) is 0 Å². The maximum atomic E-state index is 11.1. The Morgan fingerprint density at radius 1 is 1.75 bits per heavy atom. The molecule has 67 valence electrons. The molecule has 3 amide bonds. The smallest absolute Gasteiger partial charge is 0.321 e. The fraction of sp³-hybridized carbons (Fsp3) is 0.571. The summed E-state index contributed by atoms with van der Waals surface area (Å²) >= 11 is 0. The van der Waals surface area contributed by atoms with E-state index >= 15 is 0 Å². The van der Waals surface area contributed by atoms with E-state index in [0.717, 1.165) is 4.90 Å². The van der Waals surface area contributed by atoms with Crippen LogP contribution in [0.25, 0.3) is 0 Å². The summed E-state index contributed by atoms with van der Waals surface area (Å²) in [6.45, 7) is 0.00463. The van der Waals surface area contributed by atoms with Crippen molar-refractivity contribution in [1.82, 2.24) is 4.90 Å². The van der Waals surface area contributed by atoms with Crippen LogP contribution in [0, 0.1) is 6.42 Å². The van der Waals surface area contributed by atoms with Gasteiger partial charge in [-0.1, -0.05) is 0 Å². The highest BCUT2D eigenvalue weighted by molar-refractivity contribution is 5.98. The first kappa shape index (κ1) is 8.99. The molecule has 1 aliphatic rings. The quantitative estimate of drug-likeness (QED) is 0.503. The lowest BCUT2D eigenvalue weighted by molar-refractivity contribution is -0.125. The van der Waals surface area contributed by atoms with E-state index in [1.807, 2.05) is 0 Å². The highest BCUT2D eigenvalue weighted by Crippen LogP contribution is 2.10. The number of nitrogens with zero attached hydrogens (tertiary/aromatic N) is 1. The van der Waals surface area contributed by atoms with Gasteiger partial charge < -0.3 is 10.8 Å². The zero-order valence-electron chi connectivity index (χ0n) is 6.56. The average Bonchev–Trinajstić information content (AvgIpc) is 2.13. The van der Waals surface area contributed by atoms with Crippen LogP contribution in [0.3, 0.4) is 0 Å². The molecule has 1 atom stereocenters. The van der Waals surface area contributed by atoms with Crippen LogP contribution in [0.4, 0.5) is 4.79 Å². The number of carbonyl (C=O) groups excluding carboxylic acids is 2. The summed E-state index contributed by atoms with van der Waals surface area (Å²) in [6, 6.07) is -0.808. The zero-order chi connectivity index (χ0) is 9.14. The minimum atomic E-state index is -0.808. The molecule has 0 aromatic rings. The third-order valence-corrected chi connectivity index (χ3v) is 1.74. The second-order valence-corrected chi connectivity index (χ2v) is 2.72. The first-order chi connectivity index (χ1) is 5.61. The van der Waals surface area contributed by atoms with E-state index in [9.17, 15) is 14.7 Å². The van der Waals surface area contributed by atoms with Gasteiger partial charge in [0.25, 0.3) is 0 Å². The van der Waals surface area contributed by atoms with Crippen molar-refractivity contribution in [3.05, 3.63) is 6.42 Å². The highest BCUT2D eigenvalue weighted by Gasteiger charge is 2.25. The van der Waals surface area contributed by atoms with Crippen molar-refractivity contribution in [3.63, 3.8) is 0 Å². The first-order valence-corrected chi connectivity index (χ1v) is 3.73. The van der Waals surface area contributed by atoms with Crippen LogP contribution < -0.4 is 5.73 Å². The number of nitrogens with two attached hydrogens (primary N) is 1. The lowest BCUT2D eigenvalue weighted by Crippen LogP contribution is -2.43. The van der Waals surface area contributed by atoms with Gasteiger partial charge in [-0.15, -0.1) is 0 Å². The Bertz CT molecular complexity index is 205. The summed E-state index contributed by atoms with van der Waals surface area (Å²) in [7, 11) is 0. The number of aliphatic hydroxyl groups is 1. The molecule has 1 heterocycles. The molecule has 5 heteroatoms. The SMILES string of the molecule is NC(=O)N1C[C@H](O)CC[CH]C1=O. The number of β-amino-alcohol motifs (C(OH)–C–C–N with tert-alkyl or cyclic N) is 1. The number of urea groups is 1. The van der Waals surface area contributed by atoms with Gasteiger partial charge in [0.2, 0.25) is 5.91 Å². The lowest BCUT2D eigenvalue weighted by Gasteiger charge is -2.17. The fourth-order valence-electron chi connectivity index (χ4n) is 1.10. The Balaban J connectivity index is 2.67. The minimum Gasteiger partial charge on any atom is -0.391 e. The van der Waals surface area contributed by atoms with E-state index in [1.165, 1.54) is 6.42 Å². The van der Waals surface area contributed by atoms with Crippen LogP contribution in [-0.4, -0.2) is 34.6 Å². The second-order valence-electron chi connectivity index (χ2n) is 2.72. The van der Waals surface area contributed by atoms with Gasteiger partial charge in [-0.05, 0) is 12.8 Å². The molecule has 0 saturated carbocycles. The molecule has 5 nitrogen and oxygen atoms in total. The molecule has 1 fully saturated rings. The Hall–Kier alpha value is -1.10. The molecule has 0 bridgehead atoms. The molecule has 0 aromatic carbocycles. The second kappa shape index (κ2) is 3.53. The van der Waals surface area contributed by atoms with Crippen molar-refractivity contribution in [2.24, 2.45) is 5.73 Å². The van der Waals surface area contributed by atoms with Crippen LogP contribution in [0.2, 0.25) is 0 Å². The van der Waals surface area contributed by atoms with Crippen LogP contribution in [0.5, 0.6) is 0 Å². The first-order valence-electron chi connectivity index (χ1n) is 3.73. The van der Waals surface area contributed by atoms with Crippen molar-refractivity contribution in [3.8, 4) is 0 Å². The molecule has 1 aliphatic heterocycles. The number of imide groups is 1. The molecule has 1 saturated heterocycles. The number of aliphatic hydroxyl groups excluding tert-OH is 1. The van der Waals surface area contributed by atoms with Gasteiger partial charge in [-0.3, -0.25) is 9.69 Å². The van der Waals surface area contributed by atoms with Crippen LogP contribution in [-0.2, 0) is 4.79 Å². The van der Waals surface area contributed by atoms with Crippen LogP contribution in [0.1, 0.15) is 12.8 Å². The average molecular weight is 171 g/mol. The number of primary amides is 1. The topological polar surface area (TPSA) is 83.6 Å². The van der Waals surface area contributed by atoms with E-state index in [-0.39, 0.29) is 6.54 Å². The third-order valence-electron chi connectivity index (χ3n) is 1.74.